The maximum absolute atomic E-state index is 11.6. The Balaban J connectivity index is 1.84. The number of aromatic hydroxyl groups is 1. The second-order valence-electron chi connectivity index (χ2n) is 4.70. The predicted molar refractivity (Wildman–Crippen MR) is 75.1 cm³/mol. The molecule has 1 saturated heterocycles. The summed E-state index contributed by atoms with van der Waals surface area (Å²) in [5, 5.41) is 43.8. The molecule has 2 rings (SSSR count). The quantitative estimate of drug-likeness (QED) is 0.295. The van der Waals surface area contributed by atoms with Gasteiger partial charge in [0.1, 0.15) is 24.1 Å². The third-order valence-corrected chi connectivity index (χ3v) is 3.08. The zero-order valence-electron chi connectivity index (χ0n) is 11.5. The average Bonchev–Trinajstić information content (AvgIpc) is 2.50. The van der Waals surface area contributed by atoms with Gasteiger partial charge in [-0.15, -0.1) is 0 Å². The summed E-state index contributed by atoms with van der Waals surface area (Å²) < 4.78 is 5.00. The van der Waals surface area contributed by atoms with Crippen molar-refractivity contribution in [2.75, 3.05) is 6.61 Å². The highest BCUT2D eigenvalue weighted by atomic mass is 16.5. The number of hydrazone groups is 1. The van der Waals surface area contributed by atoms with Crippen molar-refractivity contribution in [1.29, 1.82) is 0 Å². The average molecular weight is 311 g/mol. The fourth-order valence-electron chi connectivity index (χ4n) is 1.85. The number of urea groups is 1. The van der Waals surface area contributed by atoms with Crippen LogP contribution in [0.4, 0.5) is 4.79 Å². The van der Waals surface area contributed by atoms with Crippen LogP contribution < -0.4 is 10.7 Å². The second-order valence-corrected chi connectivity index (χ2v) is 4.70. The summed E-state index contributed by atoms with van der Waals surface area (Å²) in [4.78, 5) is 11.6. The van der Waals surface area contributed by atoms with E-state index in [1.807, 2.05) is 0 Å². The molecule has 120 valence electrons. The Morgan fingerprint density at radius 3 is 2.73 bits per heavy atom. The molecule has 1 aliphatic rings. The van der Waals surface area contributed by atoms with Crippen molar-refractivity contribution in [3.05, 3.63) is 29.8 Å². The minimum Gasteiger partial charge on any atom is -0.507 e. The topological polar surface area (TPSA) is 144 Å². The monoisotopic (exact) mass is 311 g/mol. The molecule has 0 radical (unpaired) electrons. The minimum atomic E-state index is -1.46. The van der Waals surface area contributed by atoms with Gasteiger partial charge >= 0.3 is 6.03 Å². The Morgan fingerprint density at radius 2 is 2.00 bits per heavy atom. The summed E-state index contributed by atoms with van der Waals surface area (Å²) in [6.45, 7) is -0.218. The molecule has 4 atom stereocenters. The molecule has 0 unspecified atom stereocenters. The molecule has 0 aliphatic carbocycles. The summed E-state index contributed by atoms with van der Waals surface area (Å²) in [7, 11) is 0. The number of aliphatic hydroxyl groups excluding tert-OH is 3. The molecule has 1 aromatic rings. The lowest BCUT2D eigenvalue weighted by molar-refractivity contribution is -0.191. The minimum absolute atomic E-state index is 0.0107. The number of carbonyl (C=O) groups excluding carboxylic acids is 1. The number of amides is 2. The number of phenols is 1. The Labute approximate surface area is 125 Å². The van der Waals surface area contributed by atoms with Crippen molar-refractivity contribution in [1.82, 2.24) is 10.7 Å². The van der Waals surface area contributed by atoms with Crippen molar-refractivity contribution >= 4 is 12.2 Å². The number of nitrogens with zero attached hydrogens (tertiary/aromatic N) is 1. The Kier molecular flexibility index (Phi) is 5.28. The van der Waals surface area contributed by atoms with Crippen LogP contribution in [0.2, 0.25) is 0 Å². The number of nitrogens with one attached hydrogen (secondary N) is 2. The Hall–Kier alpha value is -2.20. The Bertz CT molecular complexity index is 552. The Morgan fingerprint density at radius 1 is 1.27 bits per heavy atom. The fourth-order valence-corrected chi connectivity index (χ4v) is 1.85. The number of carbonyl (C=O) groups is 1. The molecular weight excluding hydrogens is 294 g/mol. The smallest absolute Gasteiger partial charge is 0.337 e. The molecule has 1 heterocycles. The summed E-state index contributed by atoms with van der Waals surface area (Å²) >= 11 is 0. The van der Waals surface area contributed by atoms with Crippen LogP contribution in [0.5, 0.6) is 5.75 Å². The molecule has 9 heteroatoms. The molecule has 9 nitrogen and oxygen atoms in total. The van der Waals surface area contributed by atoms with E-state index in [2.05, 4.69) is 15.8 Å². The van der Waals surface area contributed by atoms with E-state index in [-0.39, 0.29) is 12.4 Å². The van der Waals surface area contributed by atoms with Gasteiger partial charge in [-0.3, -0.25) is 0 Å². The summed E-state index contributed by atoms with van der Waals surface area (Å²) in [6, 6.07) is 5.64. The predicted octanol–water partition coefficient (Wildman–Crippen LogP) is -1.54. The molecule has 1 aromatic carbocycles. The maximum Gasteiger partial charge on any atom is 0.337 e. The summed E-state index contributed by atoms with van der Waals surface area (Å²) in [6.07, 6.45) is -4.01. The van der Waals surface area contributed by atoms with Crippen molar-refractivity contribution < 1.29 is 30.0 Å². The van der Waals surface area contributed by atoms with Crippen LogP contribution in [0.3, 0.4) is 0 Å². The highest BCUT2D eigenvalue weighted by molar-refractivity contribution is 5.84. The largest absolute Gasteiger partial charge is 0.507 e. The van der Waals surface area contributed by atoms with Crippen LogP contribution in [-0.2, 0) is 4.74 Å². The normalized spacial score (nSPS) is 28.5. The van der Waals surface area contributed by atoms with Crippen LogP contribution in [0.25, 0.3) is 0 Å². The number of rotatable bonds is 3. The van der Waals surface area contributed by atoms with E-state index in [1.54, 1.807) is 18.2 Å². The zero-order chi connectivity index (χ0) is 16.1. The number of benzene rings is 1. The van der Waals surface area contributed by atoms with E-state index in [1.165, 1.54) is 12.3 Å². The van der Waals surface area contributed by atoms with Gasteiger partial charge in [0, 0.05) is 5.56 Å². The standard InChI is InChI=1S/C13H17N3O6/c17-8-4-2-1-3-7(8)5-14-16-13(21)15-12-11(20)10(19)9(18)6-22-12/h1-5,9-12,17-20H,6H2,(H2,15,16,21)/t9-,10+,11-,12-/m1/s1. The lowest BCUT2D eigenvalue weighted by Crippen LogP contribution is -2.59. The first-order valence-electron chi connectivity index (χ1n) is 6.52. The molecule has 1 fully saturated rings. The molecule has 6 N–H and O–H groups in total. The van der Waals surface area contributed by atoms with Crippen molar-refractivity contribution in [2.45, 2.75) is 24.5 Å². The molecule has 22 heavy (non-hydrogen) atoms. The third kappa shape index (κ3) is 3.92. The zero-order valence-corrected chi connectivity index (χ0v) is 11.5. The van der Waals surface area contributed by atoms with E-state index in [4.69, 9.17) is 4.74 Å². The highest BCUT2D eigenvalue weighted by Gasteiger charge is 2.38. The number of para-hydroxylation sites is 1. The van der Waals surface area contributed by atoms with Gasteiger partial charge in [-0.25, -0.2) is 10.2 Å². The molecule has 0 aromatic heterocycles. The lowest BCUT2D eigenvalue weighted by Gasteiger charge is -2.35. The lowest BCUT2D eigenvalue weighted by atomic mass is 10.0. The molecule has 1 aliphatic heterocycles. The van der Waals surface area contributed by atoms with Gasteiger partial charge in [0.25, 0.3) is 0 Å². The van der Waals surface area contributed by atoms with Gasteiger partial charge in [0.2, 0.25) is 0 Å². The van der Waals surface area contributed by atoms with E-state index in [0.29, 0.717) is 5.56 Å². The van der Waals surface area contributed by atoms with Gasteiger partial charge in [-0.2, -0.15) is 5.10 Å². The van der Waals surface area contributed by atoms with Crippen LogP contribution in [-0.4, -0.2) is 63.8 Å². The molecular formula is C13H17N3O6. The van der Waals surface area contributed by atoms with Crippen LogP contribution in [0.1, 0.15) is 5.56 Å². The molecule has 0 bridgehead atoms. The first-order valence-corrected chi connectivity index (χ1v) is 6.52. The summed E-state index contributed by atoms with van der Waals surface area (Å²) in [5.41, 5.74) is 2.54. The van der Waals surface area contributed by atoms with Crippen molar-refractivity contribution in [3.8, 4) is 5.75 Å². The number of ether oxygens (including phenoxy) is 1. The van der Waals surface area contributed by atoms with E-state index < -0.39 is 30.6 Å². The maximum atomic E-state index is 11.6. The number of phenolic OH excluding ortho intramolecular Hbond substituents is 1. The van der Waals surface area contributed by atoms with Crippen LogP contribution in [0.15, 0.2) is 29.4 Å². The number of aliphatic hydroxyl groups is 3. The van der Waals surface area contributed by atoms with E-state index >= 15 is 0 Å². The second kappa shape index (κ2) is 7.18. The van der Waals surface area contributed by atoms with Gasteiger partial charge in [-0.05, 0) is 12.1 Å². The van der Waals surface area contributed by atoms with Crippen LogP contribution >= 0.6 is 0 Å². The number of hydrogen-bond donors (Lipinski definition) is 6. The van der Waals surface area contributed by atoms with E-state index in [0.717, 1.165) is 0 Å². The SMILES string of the molecule is O=C(NN=Cc1ccccc1O)N[C@@H]1OC[C@@H](O)[C@H](O)[C@H]1O. The molecule has 0 spiro atoms. The molecule has 0 saturated carbocycles. The first kappa shape index (κ1) is 16.2. The van der Waals surface area contributed by atoms with Gasteiger partial charge in [0.15, 0.2) is 6.23 Å². The fraction of sp³-hybridized carbons (Fsp3) is 0.385. The van der Waals surface area contributed by atoms with Gasteiger partial charge < -0.3 is 30.5 Å². The highest BCUT2D eigenvalue weighted by Crippen LogP contribution is 2.14. The van der Waals surface area contributed by atoms with Crippen LogP contribution in [0, 0.1) is 0 Å². The number of hydrogen-bond acceptors (Lipinski definition) is 7. The van der Waals surface area contributed by atoms with Gasteiger partial charge in [-0.1, -0.05) is 12.1 Å². The van der Waals surface area contributed by atoms with Crippen molar-refractivity contribution in [2.24, 2.45) is 5.10 Å². The van der Waals surface area contributed by atoms with Gasteiger partial charge in [0.05, 0.1) is 12.8 Å². The van der Waals surface area contributed by atoms with E-state index in [9.17, 15) is 25.2 Å². The third-order valence-electron chi connectivity index (χ3n) is 3.08. The van der Waals surface area contributed by atoms with Crippen molar-refractivity contribution in [3.63, 3.8) is 0 Å². The first-order chi connectivity index (χ1) is 10.5. The summed E-state index contributed by atoms with van der Waals surface area (Å²) in [5.74, 6) is 0.0107. The molecule has 2 amide bonds.